The Morgan fingerprint density at radius 3 is 2.34 bits per heavy atom. The van der Waals surface area contributed by atoms with E-state index in [1.807, 2.05) is 0 Å². The summed E-state index contributed by atoms with van der Waals surface area (Å²) in [7, 11) is 1.37. The fraction of sp³-hybridized carbons (Fsp3) is 0.862. The van der Waals surface area contributed by atoms with Gasteiger partial charge >= 0.3 is 11.9 Å². The molecule has 6 nitrogen and oxygen atoms in total. The molecule has 4 saturated carbocycles. The van der Waals surface area contributed by atoms with Gasteiger partial charge in [0.25, 0.3) is 0 Å². The van der Waals surface area contributed by atoms with Crippen molar-refractivity contribution in [1.29, 1.82) is 0 Å². The molecule has 0 radical (unpaired) electrons. The van der Waals surface area contributed by atoms with E-state index in [1.165, 1.54) is 39.7 Å². The quantitative estimate of drug-likeness (QED) is 0.549. The summed E-state index contributed by atoms with van der Waals surface area (Å²) in [5.41, 5.74) is 0.681. The predicted molar refractivity (Wildman–Crippen MR) is 131 cm³/mol. The number of aliphatic hydroxyl groups excluding tert-OH is 1. The van der Waals surface area contributed by atoms with Crippen LogP contribution < -0.4 is 0 Å². The SMILES string of the molecule is COC(=O)[C@H]1OC=C2[C@H]1[C@@]1(C)C(C[C@H]2OC(C)=O)[C@@]2(C)CCC3C(C)(C)CCC[C@@]3(C)C2C[C@H]1O. The first kappa shape index (κ1) is 25.1. The van der Waals surface area contributed by atoms with E-state index in [1.54, 1.807) is 6.26 Å². The van der Waals surface area contributed by atoms with Crippen LogP contribution in [-0.4, -0.2) is 42.5 Å². The van der Waals surface area contributed by atoms with Crippen molar-refractivity contribution in [2.24, 2.45) is 45.3 Å². The molecule has 0 aromatic heterocycles. The van der Waals surface area contributed by atoms with Crippen molar-refractivity contribution < 1.29 is 28.9 Å². The molecule has 1 N–H and O–H groups in total. The second-order valence-corrected chi connectivity index (χ2v) is 13.7. The Morgan fingerprint density at radius 2 is 1.69 bits per heavy atom. The Kier molecular flexibility index (Phi) is 5.71. The van der Waals surface area contributed by atoms with Crippen LogP contribution in [0.4, 0.5) is 0 Å². The van der Waals surface area contributed by atoms with Crippen molar-refractivity contribution >= 4 is 11.9 Å². The van der Waals surface area contributed by atoms with Crippen LogP contribution in [0.1, 0.15) is 86.5 Å². The fourth-order valence-corrected chi connectivity index (χ4v) is 10.4. The minimum atomic E-state index is -0.823. The molecule has 5 aliphatic rings. The molecular formula is C29H44O6. The van der Waals surface area contributed by atoms with Crippen LogP contribution in [0, 0.1) is 45.3 Å². The van der Waals surface area contributed by atoms with Crippen LogP contribution in [0.5, 0.6) is 0 Å². The second-order valence-electron chi connectivity index (χ2n) is 13.7. The number of ether oxygens (including phenoxy) is 3. The van der Waals surface area contributed by atoms with Crippen molar-refractivity contribution in [2.45, 2.75) is 105 Å². The van der Waals surface area contributed by atoms with E-state index < -0.39 is 29.7 Å². The second kappa shape index (κ2) is 7.97. The summed E-state index contributed by atoms with van der Waals surface area (Å²) >= 11 is 0. The highest BCUT2D eigenvalue weighted by atomic mass is 16.6. The first-order valence-corrected chi connectivity index (χ1v) is 13.6. The van der Waals surface area contributed by atoms with E-state index >= 15 is 0 Å². The molecule has 0 saturated heterocycles. The Hall–Kier alpha value is -1.56. The summed E-state index contributed by atoms with van der Waals surface area (Å²) in [5.74, 6) is -0.0365. The Morgan fingerprint density at radius 1 is 1.00 bits per heavy atom. The molecule has 10 atom stereocenters. The molecule has 1 heterocycles. The molecule has 0 amide bonds. The van der Waals surface area contributed by atoms with Crippen LogP contribution in [0.2, 0.25) is 0 Å². The summed E-state index contributed by atoms with van der Waals surface area (Å²) in [4.78, 5) is 24.9. The molecule has 4 aliphatic carbocycles. The topological polar surface area (TPSA) is 82.1 Å². The van der Waals surface area contributed by atoms with Gasteiger partial charge in [0.2, 0.25) is 6.10 Å². The Labute approximate surface area is 210 Å². The van der Waals surface area contributed by atoms with E-state index in [0.29, 0.717) is 23.7 Å². The number of carbonyl (C=O) groups excluding carboxylic acids is 2. The van der Waals surface area contributed by atoms with E-state index in [2.05, 4.69) is 34.6 Å². The van der Waals surface area contributed by atoms with Crippen LogP contribution in [0.3, 0.4) is 0 Å². The molecule has 0 spiro atoms. The minimum Gasteiger partial charge on any atom is -0.486 e. The number of hydrogen-bond acceptors (Lipinski definition) is 6. The normalized spacial score (nSPS) is 49.8. The molecule has 0 aromatic carbocycles. The standard InChI is InChI=1S/C29H44O6/c1-16(30)35-18-13-21-28(5)12-9-19-26(2,3)10-8-11-27(19,4)20(28)14-22(31)29(21,6)23-17(18)15-34-24(23)25(32)33-7/h15,18-24,31H,8-14H2,1-7H3/t18-,19?,20?,21?,22-,23-,24+,27-,28+,29+/m1/s1. The minimum absolute atomic E-state index is 0.0279. The zero-order chi connectivity index (χ0) is 25.6. The van der Waals surface area contributed by atoms with Gasteiger partial charge in [0.05, 0.1) is 19.5 Å². The summed E-state index contributed by atoms with van der Waals surface area (Å²) in [6, 6.07) is 0. The fourth-order valence-electron chi connectivity index (χ4n) is 10.4. The van der Waals surface area contributed by atoms with Gasteiger partial charge in [0.15, 0.2) is 0 Å². The lowest BCUT2D eigenvalue weighted by Crippen LogP contribution is -2.68. The summed E-state index contributed by atoms with van der Waals surface area (Å²) in [6.07, 6.45) is 7.13. The highest BCUT2D eigenvalue weighted by Gasteiger charge is 2.71. The van der Waals surface area contributed by atoms with E-state index in [4.69, 9.17) is 14.2 Å². The van der Waals surface area contributed by atoms with Gasteiger partial charge in [-0.2, -0.15) is 0 Å². The largest absolute Gasteiger partial charge is 0.486 e. The van der Waals surface area contributed by atoms with Crippen molar-refractivity contribution in [3.8, 4) is 0 Å². The molecule has 5 rings (SSSR count). The summed E-state index contributed by atoms with van der Waals surface area (Å²) in [6.45, 7) is 13.4. The number of aliphatic hydroxyl groups is 1. The molecule has 0 aromatic rings. The van der Waals surface area contributed by atoms with E-state index in [0.717, 1.165) is 18.4 Å². The van der Waals surface area contributed by atoms with Gasteiger partial charge in [0.1, 0.15) is 6.10 Å². The lowest BCUT2D eigenvalue weighted by atomic mass is 9.34. The molecule has 6 heteroatoms. The van der Waals surface area contributed by atoms with Gasteiger partial charge in [-0.15, -0.1) is 0 Å². The number of methoxy groups -OCH3 is 1. The van der Waals surface area contributed by atoms with Crippen molar-refractivity contribution in [3.05, 3.63) is 11.8 Å². The summed E-state index contributed by atoms with van der Waals surface area (Å²) in [5, 5.41) is 12.0. The van der Waals surface area contributed by atoms with Gasteiger partial charge in [-0.3, -0.25) is 4.79 Å². The van der Waals surface area contributed by atoms with Gasteiger partial charge in [-0.05, 0) is 72.5 Å². The van der Waals surface area contributed by atoms with Crippen LogP contribution in [-0.2, 0) is 23.8 Å². The summed E-state index contributed by atoms with van der Waals surface area (Å²) < 4.78 is 16.9. The van der Waals surface area contributed by atoms with Gasteiger partial charge in [-0.25, -0.2) is 4.79 Å². The molecule has 196 valence electrons. The average molecular weight is 489 g/mol. The van der Waals surface area contributed by atoms with Crippen LogP contribution >= 0.6 is 0 Å². The number of esters is 2. The molecular weight excluding hydrogens is 444 g/mol. The highest BCUT2D eigenvalue weighted by molar-refractivity contribution is 5.77. The molecule has 3 unspecified atom stereocenters. The molecule has 1 aliphatic heterocycles. The number of fused-ring (bicyclic) bond motifs is 7. The van der Waals surface area contributed by atoms with Crippen LogP contribution in [0.15, 0.2) is 11.8 Å². The van der Waals surface area contributed by atoms with Gasteiger partial charge < -0.3 is 19.3 Å². The number of rotatable bonds is 2. The zero-order valence-electron chi connectivity index (χ0n) is 22.6. The highest BCUT2D eigenvalue weighted by Crippen LogP contribution is 2.74. The van der Waals surface area contributed by atoms with Crippen LogP contribution in [0.25, 0.3) is 0 Å². The maximum Gasteiger partial charge on any atom is 0.347 e. The maximum absolute atomic E-state index is 12.8. The molecule has 0 bridgehead atoms. The lowest BCUT2D eigenvalue weighted by Gasteiger charge is -2.71. The molecule has 4 fully saturated rings. The Balaban J connectivity index is 1.61. The third-order valence-electron chi connectivity index (χ3n) is 11.8. The third kappa shape index (κ3) is 3.30. The van der Waals surface area contributed by atoms with E-state index in [-0.39, 0.29) is 28.6 Å². The maximum atomic E-state index is 12.8. The average Bonchev–Trinajstić information content (AvgIpc) is 3.22. The first-order valence-electron chi connectivity index (χ1n) is 13.6. The predicted octanol–water partition coefficient (Wildman–Crippen LogP) is 5.03. The van der Waals surface area contributed by atoms with Crippen molar-refractivity contribution in [2.75, 3.05) is 7.11 Å². The third-order valence-corrected chi connectivity index (χ3v) is 11.8. The zero-order valence-corrected chi connectivity index (χ0v) is 22.6. The smallest absolute Gasteiger partial charge is 0.347 e. The monoisotopic (exact) mass is 488 g/mol. The number of hydrogen-bond donors (Lipinski definition) is 1. The number of carbonyl (C=O) groups is 2. The lowest BCUT2D eigenvalue weighted by molar-refractivity contribution is -0.250. The van der Waals surface area contributed by atoms with Crippen molar-refractivity contribution in [3.63, 3.8) is 0 Å². The van der Waals surface area contributed by atoms with Crippen molar-refractivity contribution in [1.82, 2.24) is 0 Å². The first-order chi connectivity index (χ1) is 16.3. The van der Waals surface area contributed by atoms with E-state index in [9.17, 15) is 14.7 Å². The van der Waals surface area contributed by atoms with Gasteiger partial charge in [0, 0.05) is 23.8 Å². The Bertz CT molecular complexity index is 939. The van der Waals surface area contributed by atoms with Gasteiger partial charge in [-0.1, -0.05) is 41.0 Å². The molecule has 35 heavy (non-hydrogen) atoms.